The first-order valence-electron chi connectivity index (χ1n) is 8.50. The van der Waals surface area contributed by atoms with E-state index in [2.05, 4.69) is 15.0 Å². The normalized spacial score (nSPS) is 22.3. The molecule has 0 aromatic carbocycles. The lowest BCUT2D eigenvalue weighted by Crippen LogP contribution is -2.33. The van der Waals surface area contributed by atoms with Gasteiger partial charge in [0, 0.05) is 11.6 Å². The second kappa shape index (κ2) is 6.43. The van der Waals surface area contributed by atoms with Crippen LogP contribution in [0.1, 0.15) is 25.0 Å². The predicted molar refractivity (Wildman–Crippen MR) is 100 cm³/mol. The van der Waals surface area contributed by atoms with Crippen LogP contribution >= 0.6 is 0 Å². The lowest BCUT2D eigenvalue weighted by atomic mass is 9.74. The Balaban J connectivity index is 1.74. The number of hydrogen-bond donors (Lipinski definition) is 2. The van der Waals surface area contributed by atoms with E-state index in [1.165, 1.54) is 6.08 Å². The molecule has 1 unspecified atom stereocenters. The first-order valence-corrected chi connectivity index (χ1v) is 10.1. The number of sulfonamides is 1. The first kappa shape index (κ1) is 17.6. The van der Waals surface area contributed by atoms with Crippen molar-refractivity contribution in [3.8, 4) is 11.6 Å². The fourth-order valence-corrected chi connectivity index (χ4v) is 4.10. The van der Waals surface area contributed by atoms with E-state index in [9.17, 15) is 8.42 Å². The molecule has 1 atom stereocenters. The van der Waals surface area contributed by atoms with E-state index < -0.39 is 15.4 Å². The van der Waals surface area contributed by atoms with Gasteiger partial charge in [-0.2, -0.15) is 0 Å². The summed E-state index contributed by atoms with van der Waals surface area (Å²) in [5.74, 6) is 1.07. The number of primary sulfonamides is 1. The summed E-state index contributed by atoms with van der Waals surface area (Å²) in [5.41, 5.74) is 5.96. The Bertz CT molecular complexity index is 1030. The van der Waals surface area contributed by atoms with Gasteiger partial charge in [-0.3, -0.25) is 4.98 Å². The lowest BCUT2D eigenvalue weighted by Gasteiger charge is -2.33. The molecule has 2 heterocycles. The van der Waals surface area contributed by atoms with Crippen molar-refractivity contribution in [3.63, 3.8) is 0 Å². The molecule has 27 heavy (non-hydrogen) atoms. The molecule has 2 aromatic rings. The number of ether oxygens (including phenoxy) is 1. The highest BCUT2D eigenvalue weighted by Gasteiger charge is 2.48. The summed E-state index contributed by atoms with van der Waals surface area (Å²) in [7, 11) is -3.78. The molecule has 0 radical (unpaired) electrons. The number of pyridine rings is 1. The average molecular weight is 385 g/mol. The van der Waals surface area contributed by atoms with Crippen LogP contribution in [0.5, 0.6) is 11.6 Å². The van der Waals surface area contributed by atoms with Gasteiger partial charge in [-0.05, 0) is 43.4 Å². The van der Waals surface area contributed by atoms with Crippen LogP contribution in [0, 0.1) is 5.92 Å². The van der Waals surface area contributed by atoms with Crippen LogP contribution in [-0.4, -0.2) is 23.4 Å². The molecule has 0 bridgehead atoms. The van der Waals surface area contributed by atoms with Crippen LogP contribution in [0.4, 0.5) is 5.82 Å². The maximum atomic E-state index is 11.9. The maximum absolute atomic E-state index is 11.9. The monoisotopic (exact) mass is 385 g/mol. The number of nitrogen functional groups attached to an aromatic ring is 1. The smallest absolute Gasteiger partial charge is 0.263 e. The Morgan fingerprint density at radius 3 is 2.74 bits per heavy atom. The molecule has 4 rings (SSSR count). The van der Waals surface area contributed by atoms with E-state index in [1.807, 2.05) is 6.08 Å². The van der Waals surface area contributed by atoms with Gasteiger partial charge >= 0.3 is 0 Å². The number of anilines is 1. The molecule has 4 N–H and O–H groups in total. The molecule has 2 aliphatic carbocycles. The summed E-state index contributed by atoms with van der Waals surface area (Å²) in [6.45, 7) is 0. The second-order valence-electron chi connectivity index (χ2n) is 6.76. The molecule has 9 heteroatoms. The largest absolute Gasteiger partial charge is 0.434 e. The van der Waals surface area contributed by atoms with E-state index in [-0.39, 0.29) is 28.9 Å². The Hall–Kier alpha value is -2.78. The molecule has 0 amide bonds. The zero-order valence-electron chi connectivity index (χ0n) is 14.4. The summed E-state index contributed by atoms with van der Waals surface area (Å²) in [6, 6.07) is 3.47. The molecular weight excluding hydrogens is 366 g/mol. The Kier molecular flexibility index (Phi) is 4.20. The van der Waals surface area contributed by atoms with Crippen LogP contribution in [-0.2, 0) is 15.4 Å². The summed E-state index contributed by atoms with van der Waals surface area (Å²) < 4.78 is 29.5. The second-order valence-corrected chi connectivity index (χ2v) is 8.38. The number of nitrogens with zero attached hydrogens (tertiary/aromatic N) is 3. The third kappa shape index (κ3) is 3.43. The summed E-state index contributed by atoms with van der Waals surface area (Å²) >= 11 is 0. The Labute approximate surface area is 157 Å². The number of hydrogen-bond acceptors (Lipinski definition) is 7. The van der Waals surface area contributed by atoms with Gasteiger partial charge in [-0.25, -0.2) is 23.5 Å². The van der Waals surface area contributed by atoms with E-state index in [0.29, 0.717) is 11.4 Å². The van der Waals surface area contributed by atoms with Gasteiger partial charge in [0.25, 0.3) is 5.88 Å². The fraction of sp³-hybridized carbons (Fsp3) is 0.278. The van der Waals surface area contributed by atoms with Crippen molar-refractivity contribution in [3.05, 3.63) is 59.6 Å². The Morgan fingerprint density at radius 1 is 1.26 bits per heavy atom. The zero-order valence-corrected chi connectivity index (χ0v) is 15.3. The van der Waals surface area contributed by atoms with Gasteiger partial charge in [-0.15, -0.1) is 0 Å². The van der Waals surface area contributed by atoms with Gasteiger partial charge in [0.2, 0.25) is 10.0 Å². The van der Waals surface area contributed by atoms with Crippen molar-refractivity contribution in [1.82, 2.24) is 15.0 Å². The number of allylic oxidation sites excluding steroid dienone is 4. The Morgan fingerprint density at radius 2 is 2.07 bits per heavy atom. The minimum Gasteiger partial charge on any atom is -0.434 e. The van der Waals surface area contributed by atoms with Crippen LogP contribution in [0.2, 0.25) is 0 Å². The molecule has 2 aromatic heterocycles. The molecule has 0 spiro atoms. The van der Waals surface area contributed by atoms with Crippen LogP contribution in [0.3, 0.4) is 0 Å². The van der Waals surface area contributed by atoms with Gasteiger partial charge in [0.15, 0.2) is 5.82 Å². The number of aromatic nitrogens is 3. The van der Waals surface area contributed by atoms with Crippen LogP contribution < -0.4 is 15.6 Å². The summed E-state index contributed by atoms with van der Waals surface area (Å²) in [5, 5.41) is 5.37. The highest BCUT2D eigenvalue weighted by Crippen LogP contribution is 2.53. The van der Waals surface area contributed by atoms with E-state index in [0.717, 1.165) is 12.8 Å². The molecule has 8 nitrogen and oxygen atoms in total. The molecule has 1 saturated carbocycles. The standard InChI is InChI=1S/C18H19N5O3S/c19-16-17(26-13-3-2-8-21-10-13)23-15(11-22-16)18(12-5-6-12)7-1-4-14(9-18)27(20,24)25/h1-4,7-8,10-12H,5-6,9H2,(H2,19,22)(H2,20,24,25). The van der Waals surface area contributed by atoms with Crippen molar-refractivity contribution in [2.75, 3.05) is 5.73 Å². The topological polar surface area (TPSA) is 134 Å². The average Bonchev–Trinajstić information content (AvgIpc) is 3.49. The number of nitrogens with two attached hydrogens (primary N) is 2. The molecule has 0 aliphatic heterocycles. The van der Waals surface area contributed by atoms with Gasteiger partial charge < -0.3 is 10.5 Å². The van der Waals surface area contributed by atoms with Crippen molar-refractivity contribution in [2.24, 2.45) is 11.1 Å². The van der Waals surface area contributed by atoms with Gasteiger partial charge in [0.1, 0.15) is 5.75 Å². The van der Waals surface area contributed by atoms with Crippen LogP contribution in [0.25, 0.3) is 0 Å². The fourth-order valence-electron chi connectivity index (χ4n) is 3.39. The van der Waals surface area contributed by atoms with Crippen molar-refractivity contribution in [2.45, 2.75) is 24.7 Å². The van der Waals surface area contributed by atoms with E-state index >= 15 is 0 Å². The molecule has 140 valence electrons. The van der Waals surface area contributed by atoms with Crippen molar-refractivity contribution >= 4 is 15.8 Å². The minimum absolute atomic E-state index is 0.149. The van der Waals surface area contributed by atoms with Gasteiger partial charge in [-0.1, -0.05) is 12.2 Å². The van der Waals surface area contributed by atoms with Crippen molar-refractivity contribution < 1.29 is 13.2 Å². The number of rotatable bonds is 5. The summed E-state index contributed by atoms with van der Waals surface area (Å²) in [6.07, 6.45) is 12.2. The van der Waals surface area contributed by atoms with Crippen molar-refractivity contribution in [1.29, 1.82) is 0 Å². The maximum Gasteiger partial charge on any atom is 0.263 e. The summed E-state index contributed by atoms with van der Waals surface area (Å²) in [4.78, 5) is 13.0. The van der Waals surface area contributed by atoms with E-state index in [4.69, 9.17) is 15.6 Å². The zero-order chi connectivity index (χ0) is 19.1. The molecular formula is C18H19N5O3S. The highest BCUT2D eigenvalue weighted by atomic mass is 32.2. The van der Waals surface area contributed by atoms with Gasteiger partial charge in [0.05, 0.1) is 23.0 Å². The van der Waals surface area contributed by atoms with E-state index in [1.54, 1.807) is 36.8 Å². The third-order valence-electron chi connectivity index (χ3n) is 4.91. The molecule has 0 saturated heterocycles. The molecule has 1 fully saturated rings. The van der Waals surface area contributed by atoms with Crippen LogP contribution in [0.15, 0.2) is 53.9 Å². The lowest BCUT2D eigenvalue weighted by molar-refractivity contribution is 0.421. The third-order valence-corrected chi connectivity index (χ3v) is 5.92. The first-order chi connectivity index (χ1) is 12.9. The molecule has 2 aliphatic rings. The predicted octanol–water partition coefficient (Wildman–Crippen LogP) is 2.03. The minimum atomic E-state index is -3.78. The highest BCUT2D eigenvalue weighted by molar-refractivity contribution is 7.93. The SMILES string of the molecule is Nc1ncc(C2(C3CC3)C=CC=C(S(N)(=O)=O)C2)nc1Oc1cccnc1. The quantitative estimate of drug-likeness (QED) is 0.804.